The fourth-order valence-electron chi connectivity index (χ4n) is 2.43. The Hall–Kier alpha value is 0.0300. The van der Waals surface area contributed by atoms with E-state index < -0.39 is 0 Å². The minimum Gasteiger partial charge on any atom is -0.308 e. The zero-order chi connectivity index (χ0) is 13.8. The van der Waals surface area contributed by atoms with E-state index in [0.717, 1.165) is 21.2 Å². The summed E-state index contributed by atoms with van der Waals surface area (Å²) in [6.07, 6.45) is 4.31. The molecule has 0 unspecified atom stereocenters. The number of nitrogens with one attached hydrogen (secondary N) is 1. The SMILES string of the molecule is CC(C)N1CCC(NCc2ncc(Br)cc2Br)CC1. The Bertz CT molecular complexity index is 415. The third-order valence-electron chi connectivity index (χ3n) is 3.70. The molecule has 0 bridgehead atoms. The zero-order valence-corrected chi connectivity index (χ0v) is 14.7. The maximum absolute atomic E-state index is 4.44. The first-order chi connectivity index (χ1) is 9.06. The first-order valence-corrected chi connectivity index (χ1v) is 8.42. The van der Waals surface area contributed by atoms with Crippen LogP contribution in [0.25, 0.3) is 0 Å². The molecular weight excluding hydrogens is 370 g/mol. The Balaban J connectivity index is 1.80. The quantitative estimate of drug-likeness (QED) is 0.851. The van der Waals surface area contributed by atoms with Gasteiger partial charge in [-0.2, -0.15) is 0 Å². The predicted molar refractivity (Wildman–Crippen MR) is 86.2 cm³/mol. The molecule has 1 aromatic heterocycles. The van der Waals surface area contributed by atoms with E-state index >= 15 is 0 Å². The summed E-state index contributed by atoms with van der Waals surface area (Å²) in [5.41, 5.74) is 1.08. The lowest BCUT2D eigenvalue weighted by molar-refractivity contribution is 0.160. The number of hydrogen-bond acceptors (Lipinski definition) is 3. The minimum absolute atomic E-state index is 0.618. The second-order valence-corrected chi connectivity index (χ2v) is 7.14. The normalized spacial score (nSPS) is 18.2. The van der Waals surface area contributed by atoms with Crippen molar-refractivity contribution in [3.63, 3.8) is 0 Å². The molecule has 5 heteroatoms. The molecule has 1 saturated heterocycles. The standard InChI is InChI=1S/C14H21Br2N3/c1-10(2)19-5-3-12(4-6-19)17-9-14-13(16)7-11(15)8-18-14/h7-8,10,12,17H,3-6,9H2,1-2H3. The van der Waals surface area contributed by atoms with Gasteiger partial charge in [-0.3, -0.25) is 4.98 Å². The number of aromatic nitrogens is 1. The summed E-state index contributed by atoms with van der Waals surface area (Å²) in [4.78, 5) is 6.99. The molecule has 1 aliphatic heterocycles. The van der Waals surface area contributed by atoms with E-state index in [1.54, 1.807) is 0 Å². The molecule has 0 atom stereocenters. The summed E-state index contributed by atoms with van der Waals surface area (Å²) < 4.78 is 2.07. The van der Waals surface area contributed by atoms with Gasteiger partial charge in [0.15, 0.2) is 0 Å². The lowest BCUT2D eigenvalue weighted by atomic mass is 10.0. The van der Waals surface area contributed by atoms with Crippen molar-refractivity contribution in [2.45, 2.75) is 45.3 Å². The van der Waals surface area contributed by atoms with Crippen molar-refractivity contribution < 1.29 is 0 Å². The van der Waals surface area contributed by atoms with Crippen LogP contribution in [0.4, 0.5) is 0 Å². The van der Waals surface area contributed by atoms with E-state index in [2.05, 4.69) is 60.9 Å². The van der Waals surface area contributed by atoms with Gasteiger partial charge < -0.3 is 10.2 Å². The third kappa shape index (κ3) is 4.52. The average Bonchev–Trinajstić information content (AvgIpc) is 2.38. The number of likely N-dealkylation sites (tertiary alicyclic amines) is 1. The van der Waals surface area contributed by atoms with E-state index in [9.17, 15) is 0 Å². The van der Waals surface area contributed by atoms with Crippen molar-refractivity contribution >= 4 is 31.9 Å². The van der Waals surface area contributed by atoms with Crippen molar-refractivity contribution in [1.29, 1.82) is 0 Å². The number of hydrogen-bond donors (Lipinski definition) is 1. The number of pyridine rings is 1. The smallest absolute Gasteiger partial charge is 0.0684 e. The second-order valence-electron chi connectivity index (χ2n) is 5.37. The van der Waals surface area contributed by atoms with Crippen LogP contribution in [0.2, 0.25) is 0 Å². The Labute approximate surface area is 132 Å². The Morgan fingerprint density at radius 3 is 2.63 bits per heavy atom. The summed E-state index contributed by atoms with van der Waals surface area (Å²) in [6.45, 7) is 7.78. The van der Waals surface area contributed by atoms with Gasteiger partial charge in [-0.05, 0) is 77.7 Å². The largest absolute Gasteiger partial charge is 0.308 e. The van der Waals surface area contributed by atoms with Crippen LogP contribution in [0, 0.1) is 0 Å². The summed E-state index contributed by atoms with van der Waals surface area (Å²) in [5, 5.41) is 3.62. The molecule has 2 rings (SSSR count). The molecule has 0 amide bonds. The fourth-order valence-corrected chi connectivity index (χ4v) is 3.56. The summed E-state index contributed by atoms with van der Waals surface area (Å²) in [5.74, 6) is 0. The number of nitrogens with zero attached hydrogens (tertiary/aromatic N) is 2. The van der Waals surface area contributed by atoms with Gasteiger partial charge in [0, 0.05) is 33.8 Å². The van der Waals surface area contributed by atoms with Gasteiger partial charge in [0.2, 0.25) is 0 Å². The van der Waals surface area contributed by atoms with Gasteiger partial charge in [-0.25, -0.2) is 0 Å². The highest BCUT2D eigenvalue weighted by Crippen LogP contribution is 2.20. The van der Waals surface area contributed by atoms with Gasteiger partial charge in [-0.1, -0.05) is 0 Å². The third-order valence-corrected chi connectivity index (χ3v) is 4.82. The molecule has 0 spiro atoms. The molecule has 106 valence electrons. The first kappa shape index (κ1) is 15.4. The van der Waals surface area contributed by atoms with Crippen molar-refractivity contribution in [1.82, 2.24) is 15.2 Å². The first-order valence-electron chi connectivity index (χ1n) is 6.83. The molecule has 0 saturated carbocycles. The van der Waals surface area contributed by atoms with Crippen LogP contribution < -0.4 is 5.32 Å². The highest BCUT2D eigenvalue weighted by atomic mass is 79.9. The van der Waals surface area contributed by atoms with Gasteiger partial charge in [0.25, 0.3) is 0 Å². The van der Waals surface area contributed by atoms with Gasteiger partial charge in [0.05, 0.1) is 5.69 Å². The number of piperidine rings is 1. The summed E-state index contributed by atoms with van der Waals surface area (Å²) >= 11 is 6.99. The highest BCUT2D eigenvalue weighted by molar-refractivity contribution is 9.11. The van der Waals surface area contributed by atoms with E-state index in [1.165, 1.54) is 25.9 Å². The number of halogens is 2. The van der Waals surface area contributed by atoms with Crippen molar-refractivity contribution in [3.05, 3.63) is 26.9 Å². The van der Waals surface area contributed by atoms with Crippen LogP contribution in [0.5, 0.6) is 0 Å². The minimum atomic E-state index is 0.618. The van der Waals surface area contributed by atoms with Crippen LogP contribution in [-0.4, -0.2) is 35.1 Å². The van der Waals surface area contributed by atoms with Crippen LogP contribution in [-0.2, 0) is 6.54 Å². The maximum atomic E-state index is 4.44. The molecule has 1 aliphatic rings. The number of rotatable bonds is 4. The average molecular weight is 391 g/mol. The van der Waals surface area contributed by atoms with E-state index in [0.29, 0.717) is 12.1 Å². The molecule has 2 heterocycles. The predicted octanol–water partition coefficient (Wildman–Crippen LogP) is 3.57. The van der Waals surface area contributed by atoms with Crippen molar-refractivity contribution in [3.8, 4) is 0 Å². The van der Waals surface area contributed by atoms with Crippen molar-refractivity contribution in [2.75, 3.05) is 13.1 Å². The Kier molecular flexibility index (Phi) is 5.81. The summed E-state index contributed by atoms with van der Waals surface area (Å²) in [6, 6.07) is 3.33. The van der Waals surface area contributed by atoms with Crippen molar-refractivity contribution in [2.24, 2.45) is 0 Å². The molecule has 1 fully saturated rings. The van der Waals surface area contributed by atoms with Crippen LogP contribution in [0.15, 0.2) is 21.2 Å². The molecule has 19 heavy (non-hydrogen) atoms. The van der Waals surface area contributed by atoms with E-state index in [1.807, 2.05) is 12.3 Å². The van der Waals surface area contributed by atoms with Crippen LogP contribution >= 0.6 is 31.9 Å². The Morgan fingerprint density at radius 2 is 2.05 bits per heavy atom. The lowest BCUT2D eigenvalue weighted by Crippen LogP contribution is -2.44. The van der Waals surface area contributed by atoms with E-state index in [-0.39, 0.29) is 0 Å². The molecule has 1 aromatic rings. The van der Waals surface area contributed by atoms with Crippen LogP contribution in [0.1, 0.15) is 32.4 Å². The van der Waals surface area contributed by atoms with E-state index in [4.69, 9.17) is 0 Å². The topological polar surface area (TPSA) is 28.2 Å². The molecular formula is C14H21Br2N3. The summed E-state index contributed by atoms with van der Waals surface area (Å²) in [7, 11) is 0. The van der Waals surface area contributed by atoms with Crippen LogP contribution in [0.3, 0.4) is 0 Å². The molecule has 3 nitrogen and oxygen atoms in total. The van der Waals surface area contributed by atoms with Gasteiger partial charge in [-0.15, -0.1) is 0 Å². The zero-order valence-electron chi connectivity index (χ0n) is 11.5. The monoisotopic (exact) mass is 389 g/mol. The van der Waals surface area contributed by atoms with Gasteiger partial charge in [0.1, 0.15) is 0 Å². The second kappa shape index (κ2) is 7.16. The Morgan fingerprint density at radius 1 is 1.37 bits per heavy atom. The highest BCUT2D eigenvalue weighted by Gasteiger charge is 2.20. The molecule has 0 aliphatic carbocycles. The lowest BCUT2D eigenvalue weighted by Gasteiger charge is -2.35. The molecule has 0 radical (unpaired) electrons. The molecule has 1 N–H and O–H groups in total. The maximum Gasteiger partial charge on any atom is 0.0684 e. The van der Waals surface area contributed by atoms with Gasteiger partial charge >= 0.3 is 0 Å². The molecule has 0 aromatic carbocycles. The fraction of sp³-hybridized carbons (Fsp3) is 0.643.